The zero-order chi connectivity index (χ0) is 10.3. The molecule has 0 bridgehead atoms. The third kappa shape index (κ3) is 5.32. The Morgan fingerprint density at radius 2 is 1.31 bits per heavy atom. The predicted molar refractivity (Wildman–Crippen MR) is 46.2 cm³/mol. The number of anilines is 3. The molecule has 0 aliphatic carbocycles. The second-order valence-electron chi connectivity index (χ2n) is 1.76. The lowest BCUT2D eigenvalue weighted by Crippen LogP contribution is -2.05. The minimum Gasteiger partial charge on any atom is -0.389 e. The first-order valence-electron chi connectivity index (χ1n) is 3.17. The highest BCUT2D eigenvalue weighted by molar-refractivity contribution is 5.49. The van der Waals surface area contributed by atoms with Gasteiger partial charge < -0.3 is 27.1 Å². The lowest BCUT2D eigenvalue weighted by atomic mass is 10.9. The summed E-state index contributed by atoms with van der Waals surface area (Å²) in [5.41, 5.74) is 15.4. The molecule has 0 aliphatic heterocycles. The molecule has 0 aliphatic rings. The van der Waals surface area contributed by atoms with Crippen LogP contribution in [0, 0.1) is 0 Å². The number of hydrogen-bond acceptors (Lipinski definition) is 8. The smallest absolute Gasteiger partial charge is 0.226 e. The zero-order valence-electron chi connectivity index (χ0n) is 6.71. The number of nitrogens with two attached hydrogens (primary N) is 3. The third-order valence-corrected chi connectivity index (χ3v) is 0.762. The first kappa shape index (κ1) is 11.0. The minimum absolute atomic E-state index is 0.0417. The number of nitrogens with zero attached hydrogens (tertiary/aromatic N) is 3. The van der Waals surface area contributed by atoms with E-state index in [1.165, 1.54) is 0 Å². The van der Waals surface area contributed by atoms with Gasteiger partial charge in [-0.05, 0) is 0 Å². The molecule has 1 rings (SSSR count). The van der Waals surface area contributed by atoms with Crippen LogP contribution < -0.4 is 17.2 Å². The van der Waals surface area contributed by atoms with E-state index < -0.39 is 0 Å². The Bertz CT molecular complexity index is 227. The first-order valence-corrected chi connectivity index (χ1v) is 3.17. The molecule has 0 saturated heterocycles. The molecule has 0 saturated carbocycles. The molecular formula is C5H10N6O2. The highest BCUT2D eigenvalue weighted by atomic mass is 16.3. The molecule has 0 spiro atoms. The predicted octanol–water partition coefficient (Wildman–Crippen LogP) is -2.20. The van der Waals surface area contributed by atoms with E-state index in [4.69, 9.17) is 27.1 Å². The Balaban J connectivity index is 0.000000310. The summed E-state index contributed by atoms with van der Waals surface area (Å²) in [5.74, 6) is 0.125. The summed E-state index contributed by atoms with van der Waals surface area (Å²) >= 11 is 0. The van der Waals surface area contributed by atoms with Crippen molar-refractivity contribution < 1.29 is 9.90 Å². The summed E-state index contributed by atoms with van der Waals surface area (Å²) in [5, 5.41) is 7.51. The molecule has 8 heteroatoms. The van der Waals surface area contributed by atoms with Gasteiger partial charge in [0, 0.05) is 0 Å². The van der Waals surface area contributed by atoms with Gasteiger partial charge in [0.15, 0.2) is 0 Å². The van der Waals surface area contributed by atoms with Gasteiger partial charge in [0.2, 0.25) is 17.8 Å². The van der Waals surface area contributed by atoms with Crippen LogP contribution in [0.2, 0.25) is 0 Å². The van der Waals surface area contributed by atoms with Gasteiger partial charge in [0.25, 0.3) is 0 Å². The standard InChI is InChI=1S/C3H6N6.C2H4O2/c4-1-7-2(5)9-3(6)8-1;3-1-2-4/h(H6,4,5,6,7,8,9);1,4H,2H2. The van der Waals surface area contributed by atoms with Crippen LogP contribution in [-0.2, 0) is 4.79 Å². The van der Waals surface area contributed by atoms with E-state index in [1.54, 1.807) is 0 Å². The molecule has 0 unspecified atom stereocenters. The zero-order valence-corrected chi connectivity index (χ0v) is 6.71. The van der Waals surface area contributed by atoms with E-state index >= 15 is 0 Å². The van der Waals surface area contributed by atoms with E-state index in [1.807, 2.05) is 0 Å². The van der Waals surface area contributed by atoms with Crippen LogP contribution in [-0.4, -0.2) is 33.0 Å². The summed E-state index contributed by atoms with van der Waals surface area (Å²) in [7, 11) is 0. The Morgan fingerprint density at radius 1 is 1.08 bits per heavy atom. The van der Waals surface area contributed by atoms with Gasteiger partial charge in [-0.3, -0.25) is 0 Å². The largest absolute Gasteiger partial charge is 0.389 e. The van der Waals surface area contributed by atoms with Gasteiger partial charge in [-0.15, -0.1) is 0 Å². The van der Waals surface area contributed by atoms with Crippen LogP contribution in [0.15, 0.2) is 0 Å². The number of aliphatic hydroxyl groups is 1. The summed E-state index contributed by atoms with van der Waals surface area (Å²) < 4.78 is 0. The number of rotatable bonds is 1. The van der Waals surface area contributed by atoms with Crippen molar-refractivity contribution in [3.63, 3.8) is 0 Å². The highest BCUT2D eigenvalue weighted by Gasteiger charge is 1.93. The number of aromatic nitrogens is 3. The minimum atomic E-state index is -0.361. The third-order valence-electron chi connectivity index (χ3n) is 0.762. The van der Waals surface area contributed by atoms with Gasteiger partial charge in [-0.1, -0.05) is 0 Å². The van der Waals surface area contributed by atoms with Crippen LogP contribution in [0.3, 0.4) is 0 Å². The van der Waals surface area contributed by atoms with Gasteiger partial charge in [-0.25, -0.2) is 0 Å². The molecule has 13 heavy (non-hydrogen) atoms. The molecule has 1 heterocycles. The molecule has 0 atom stereocenters. The quantitative estimate of drug-likeness (QED) is 0.360. The second kappa shape index (κ2) is 5.66. The molecule has 1 aromatic heterocycles. The average Bonchev–Trinajstić information content (AvgIpc) is 2.02. The number of hydrogen-bond donors (Lipinski definition) is 4. The molecule has 8 nitrogen and oxygen atoms in total. The molecule has 0 aromatic carbocycles. The molecule has 1 aromatic rings. The number of nitrogen functional groups attached to an aromatic ring is 3. The van der Waals surface area contributed by atoms with E-state index in [9.17, 15) is 0 Å². The lowest BCUT2D eigenvalue weighted by Gasteiger charge is -1.93. The lowest BCUT2D eigenvalue weighted by molar-refractivity contribution is -0.110. The first-order chi connectivity index (χ1) is 6.10. The van der Waals surface area contributed by atoms with Gasteiger partial charge >= 0.3 is 0 Å². The van der Waals surface area contributed by atoms with Crippen molar-refractivity contribution in [1.29, 1.82) is 0 Å². The normalized spacial score (nSPS) is 8.38. The highest BCUT2D eigenvalue weighted by Crippen LogP contribution is 1.97. The molecule has 72 valence electrons. The summed E-state index contributed by atoms with van der Waals surface area (Å²) in [4.78, 5) is 19.4. The van der Waals surface area contributed by atoms with Crippen LogP contribution in [0.4, 0.5) is 17.8 Å². The number of aliphatic hydroxyl groups excluding tert-OH is 1. The second-order valence-corrected chi connectivity index (χ2v) is 1.76. The molecule has 0 radical (unpaired) electrons. The van der Waals surface area contributed by atoms with Crippen molar-refractivity contribution in [1.82, 2.24) is 15.0 Å². The molecule has 0 amide bonds. The van der Waals surface area contributed by atoms with E-state index in [2.05, 4.69) is 15.0 Å². The fourth-order valence-corrected chi connectivity index (χ4v) is 0.427. The Morgan fingerprint density at radius 3 is 1.46 bits per heavy atom. The van der Waals surface area contributed by atoms with Crippen LogP contribution in [0.1, 0.15) is 0 Å². The van der Waals surface area contributed by atoms with Crippen molar-refractivity contribution in [3.8, 4) is 0 Å². The van der Waals surface area contributed by atoms with E-state index in [0.29, 0.717) is 6.29 Å². The van der Waals surface area contributed by atoms with Crippen molar-refractivity contribution in [2.45, 2.75) is 0 Å². The monoisotopic (exact) mass is 186 g/mol. The van der Waals surface area contributed by atoms with E-state index in [-0.39, 0.29) is 24.5 Å². The topological polar surface area (TPSA) is 154 Å². The van der Waals surface area contributed by atoms with Crippen molar-refractivity contribution >= 4 is 24.1 Å². The van der Waals surface area contributed by atoms with E-state index in [0.717, 1.165) is 0 Å². The summed E-state index contributed by atoms with van der Waals surface area (Å²) in [6.07, 6.45) is 0.431. The Kier molecular flexibility index (Phi) is 4.81. The fraction of sp³-hybridized carbons (Fsp3) is 0.200. The maximum Gasteiger partial charge on any atom is 0.226 e. The summed E-state index contributed by atoms with van der Waals surface area (Å²) in [6.45, 7) is -0.361. The molecule has 7 N–H and O–H groups in total. The van der Waals surface area contributed by atoms with Gasteiger partial charge in [0.1, 0.15) is 6.29 Å². The van der Waals surface area contributed by atoms with Crippen molar-refractivity contribution in [2.75, 3.05) is 23.8 Å². The SMILES string of the molecule is Nc1nc(N)nc(N)n1.O=CCO. The molecule has 0 fully saturated rings. The number of aldehydes is 1. The van der Waals surface area contributed by atoms with Crippen LogP contribution >= 0.6 is 0 Å². The fourth-order valence-electron chi connectivity index (χ4n) is 0.427. The number of carbonyl (C=O) groups excluding carboxylic acids is 1. The molecular weight excluding hydrogens is 176 g/mol. The average molecular weight is 186 g/mol. The summed E-state index contributed by atoms with van der Waals surface area (Å²) in [6, 6.07) is 0. The van der Waals surface area contributed by atoms with Crippen molar-refractivity contribution in [3.05, 3.63) is 0 Å². The Labute approximate surface area is 73.8 Å². The van der Waals surface area contributed by atoms with Crippen LogP contribution in [0.25, 0.3) is 0 Å². The van der Waals surface area contributed by atoms with Crippen molar-refractivity contribution in [2.24, 2.45) is 0 Å². The van der Waals surface area contributed by atoms with Gasteiger partial charge in [0.05, 0.1) is 6.61 Å². The maximum absolute atomic E-state index is 8.92. The maximum atomic E-state index is 8.92. The Hall–Kier alpha value is -1.96. The van der Waals surface area contributed by atoms with Crippen LogP contribution in [0.5, 0.6) is 0 Å². The van der Waals surface area contributed by atoms with Gasteiger partial charge in [-0.2, -0.15) is 15.0 Å². The number of carbonyl (C=O) groups is 1.